The minimum absolute atomic E-state index is 0.0290. The van der Waals surface area contributed by atoms with Crippen LogP contribution in [0.2, 0.25) is 0 Å². The van der Waals surface area contributed by atoms with Crippen LogP contribution < -0.4 is 16.4 Å². The van der Waals surface area contributed by atoms with Crippen LogP contribution in [0.4, 0.5) is 0 Å². The van der Waals surface area contributed by atoms with Crippen LogP contribution in [0.15, 0.2) is 42.9 Å². The maximum atomic E-state index is 13.2. The van der Waals surface area contributed by atoms with E-state index in [0.29, 0.717) is 25.1 Å². The van der Waals surface area contributed by atoms with Crippen molar-refractivity contribution in [2.24, 2.45) is 5.73 Å². The first-order valence-electron chi connectivity index (χ1n) is 11.3. The van der Waals surface area contributed by atoms with Crippen LogP contribution in [-0.2, 0) is 32.0 Å². The highest BCUT2D eigenvalue weighted by Crippen LogP contribution is 2.19. The van der Waals surface area contributed by atoms with E-state index in [-0.39, 0.29) is 18.6 Å². The number of H-pyrrole nitrogens is 1. The third-order valence-electron chi connectivity index (χ3n) is 5.87. The second-order valence-corrected chi connectivity index (χ2v) is 8.78. The molecule has 4 unspecified atom stereocenters. The molecule has 3 amide bonds. The van der Waals surface area contributed by atoms with Gasteiger partial charge in [-0.05, 0) is 18.4 Å². The van der Waals surface area contributed by atoms with Gasteiger partial charge < -0.3 is 31.4 Å². The van der Waals surface area contributed by atoms with Crippen molar-refractivity contribution >= 4 is 36.3 Å². The summed E-state index contributed by atoms with van der Waals surface area (Å²) in [6.45, 7) is 0.294. The third-order valence-corrected chi connectivity index (χ3v) is 6.23. The van der Waals surface area contributed by atoms with Gasteiger partial charge in [0.25, 0.3) is 0 Å². The Bertz CT molecular complexity index is 1020. The van der Waals surface area contributed by atoms with E-state index < -0.39 is 47.9 Å². The molecule has 0 aliphatic carbocycles. The van der Waals surface area contributed by atoms with Crippen LogP contribution in [0.3, 0.4) is 0 Å². The molecule has 3 rings (SSSR count). The van der Waals surface area contributed by atoms with E-state index >= 15 is 0 Å². The molecule has 0 radical (unpaired) electrons. The van der Waals surface area contributed by atoms with Crippen LogP contribution in [0.25, 0.3) is 0 Å². The van der Waals surface area contributed by atoms with Crippen molar-refractivity contribution in [2.45, 2.75) is 49.9 Å². The normalized spacial score (nSPS) is 17.9. The predicted molar refractivity (Wildman–Crippen MR) is 130 cm³/mol. The molecule has 2 aromatic rings. The number of hydrogen-bond donors (Lipinski definition) is 6. The fourth-order valence-electron chi connectivity index (χ4n) is 4.01. The number of amides is 3. The molecule has 1 saturated heterocycles. The summed E-state index contributed by atoms with van der Waals surface area (Å²) in [7, 11) is 0. The first-order valence-corrected chi connectivity index (χ1v) is 11.9. The minimum atomic E-state index is -1.08. The largest absolute Gasteiger partial charge is 0.480 e. The molecule has 1 fully saturated rings. The van der Waals surface area contributed by atoms with Gasteiger partial charge >= 0.3 is 5.97 Å². The number of nitrogens with two attached hydrogens (primary N) is 1. The highest BCUT2D eigenvalue weighted by atomic mass is 32.1. The maximum Gasteiger partial charge on any atom is 0.326 e. The van der Waals surface area contributed by atoms with E-state index in [1.807, 2.05) is 30.3 Å². The standard InChI is InChI=1S/C23H30N6O5S/c24-16(10-15-11-25-13-26-15)20(30)27-17(9-14-5-2-1-3-6-14)21(31)28-18(12-35)22(32)29-8-4-7-19(29)23(33)34/h1-3,5-6,11,13,16-19,35H,4,7-10,12,24H2,(H,25,26)(H,27,30)(H,28,31)(H,33,34). The van der Waals surface area contributed by atoms with Crippen LogP contribution in [0.1, 0.15) is 24.1 Å². The Morgan fingerprint density at radius 1 is 1.14 bits per heavy atom. The lowest BCUT2D eigenvalue weighted by Gasteiger charge is -2.28. The molecule has 35 heavy (non-hydrogen) atoms. The highest BCUT2D eigenvalue weighted by Gasteiger charge is 2.38. The predicted octanol–water partition coefficient (Wildman–Crippen LogP) is -0.503. The van der Waals surface area contributed by atoms with Crippen molar-refractivity contribution in [2.75, 3.05) is 12.3 Å². The molecule has 0 saturated carbocycles. The van der Waals surface area contributed by atoms with Gasteiger partial charge in [-0.2, -0.15) is 12.6 Å². The molecular formula is C23H30N6O5S. The van der Waals surface area contributed by atoms with Crippen LogP contribution in [0, 0.1) is 0 Å². The van der Waals surface area contributed by atoms with Gasteiger partial charge in [-0.15, -0.1) is 0 Å². The second kappa shape index (κ2) is 12.4. The Hall–Kier alpha value is -3.38. The number of aromatic amines is 1. The van der Waals surface area contributed by atoms with E-state index in [4.69, 9.17) is 5.73 Å². The van der Waals surface area contributed by atoms with E-state index in [0.717, 1.165) is 5.56 Å². The van der Waals surface area contributed by atoms with E-state index in [9.17, 15) is 24.3 Å². The smallest absolute Gasteiger partial charge is 0.326 e. The van der Waals surface area contributed by atoms with Crippen molar-refractivity contribution in [1.82, 2.24) is 25.5 Å². The summed E-state index contributed by atoms with van der Waals surface area (Å²) in [5.41, 5.74) is 7.51. The molecule has 6 N–H and O–H groups in total. The Morgan fingerprint density at radius 3 is 2.49 bits per heavy atom. The number of carboxylic acids is 1. The molecular weight excluding hydrogens is 472 g/mol. The number of aromatic nitrogens is 2. The van der Waals surface area contributed by atoms with Gasteiger partial charge in [-0.25, -0.2) is 9.78 Å². The number of likely N-dealkylation sites (tertiary alicyclic amines) is 1. The molecule has 1 aliphatic rings. The van der Waals surface area contributed by atoms with Gasteiger partial charge in [-0.1, -0.05) is 30.3 Å². The summed E-state index contributed by atoms with van der Waals surface area (Å²) >= 11 is 4.20. The summed E-state index contributed by atoms with van der Waals surface area (Å²) in [5, 5.41) is 14.7. The van der Waals surface area contributed by atoms with E-state index in [1.54, 1.807) is 6.20 Å². The first kappa shape index (κ1) is 26.2. The number of nitrogens with one attached hydrogen (secondary N) is 3. The molecule has 1 aromatic heterocycles. The van der Waals surface area contributed by atoms with Gasteiger partial charge in [-0.3, -0.25) is 14.4 Å². The van der Waals surface area contributed by atoms with Crippen molar-refractivity contribution in [3.05, 3.63) is 54.1 Å². The summed E-state index contributed by atoms with van der Waals surface area (Å²) in [6.07, 6.45) is 4.34. The number of rotatable bonds is 11. The van der Waals surface area contributed by atoms with Crippen molar-refractivity contribution in [1.29, 1.82) is 0 Å². The van der Waals surface area contributed by atoms with Crippen LogP contribution in [-0.4, -0.2) is 80.1 Å². The number of hydrogen-bond acceptors (Lipinski definition) is 7. The maximum absolute atomic E-state index is 13.2. The average Bonchev–Trinajstić information content (AvgIpc) is 3.54. The molecule has 4 atom stereocenters. The van der Waals surface area contributed by atoms with Gasteiger partial charge in [0.1, 0.15) is 18.1 Å². The molecule has 2 heterocycles. The average molecular weight is 503 g/mol. The monoisotopic (exact) mass is 502 g/mol. The van der Waals surface area contributed by atoms with Gasteiger partial charge in [0, 0.05) is 37.0 Å². The summed E-state index contributed by atoms with van der Waals surface area (Å²) in [4.78, 5) is 58.5. The van der Waals surface area contributed by atoms with E-state index in [2.05, 4.69) is 33.2 Å². The van der Waals surface area contributed by atoms with Gasteiger partial charge in [0.2, 0.25) is 17.7 Å². The van der Waals surface area contributed by atoms with Crippen molar-refractivity contribution in [3.63, 3.8) is 0 Å². The molecule has 0 spiro atoms. The number of benzene rings is 1. The summed E-state index contributed by atoms with van der Waals surface area (Å²) in [6, 6.07) is 5.20. The summed E-state index contributed by atoms with van der Waals surface area (Å²) < 4.78 is 0. The number of carboxylic acid groups (broad SMARTS) is 1. The van der Waals surface area contributed by atoms with Crippen molar-refractivity contribution in [3.8, 4) is 0 Å². The lowest BCUT2D eigenvalue weighted by Crippen LogP contribution is -2.58. The summed E-state index contributed by atoms with van der Waals surface area (Å²) in [5.74, 6) is -2.75. The Balaban J connectivity index is 1.71. The zero-order valence-electron chi connectivity index (χ0n) is 19.1. The molecule has 188 valence electrons. The lowest BCUT2D eigenvalue weighted by atomic mass is 10.0. The quantitative estimate of drug-likeness (QED) is 0.225. The van der Waals surface area contributed by atoms with Gasteiger partial charge in [0.15, 0.2) is 0 Å². The fourth-order valence-corrected chi connectivity index (χ4v) is 4.26. The molecule has 11 nitrogen and oxygen atoms in total. The van der Waals surface area contributed by atoms with Gasteiger partial charge in [0.05, 0.1) is 12.4 Å². The SMILES string of the molecule is NC(Cc1cnc[nH]1)C(=O)NC(Cc1ccccc1)C(=O)NC(CS)C(=O)N1CCCC1C(=O)O. The highest BCUT2D eigenvalue weighted by molar-refractivity contribution is 7.80. The number of aliphatic carboxylic acids is 1. The molecule has 0 bridgehead atoms. The Morgan fingerprint density at radius 2 is 1.86 bits per heavy atom. The third kappa shape index (κ3) is 7.06. The molecule has 12 heteroatoms. The fraction of sp³-hybridized carbons (Fsp3) is 0.435. The second-order valence-electron chi connectivity index (χ2n) is 8.41. The molecule has 1 aromatic carbocycles. The van der Waals surface area contributed by atoms with E-state index in [1.165, 1.54) is 11.2 Å². The topological polar surface area (TPSA) is 171 Å². The van der Waals surface area contributed by atoms with Crippen LogP contribution in [0.5, 0.6) is 0 Å². The number of imidazole rings is 1. The zero-order chi connectivity index (χ0) is 25.4. The Kier molecular flexibility index (Phi) is 9.26. The minimum Gasteiger partial charge on any atom is -0.480 e. The van der Waals surface area contributed by atoms with Crippen LogP contribution >= 0.6 is 12.6 Å². The lowest BCUT2D eigenvalue weighted by molar-refractivity contribution is -0.149. The number of carbonyl (C=O) groups is 4. The number of nitrogens with zero attached hydrogens (tertiary/aromatic N) is 2. The first-order chi connectivity index (χ1) is 16.8. The Labute approximate surface area is 208 Å². The number of carbonyl (C=O) groups excluding carboxylic acids is 3. The number of thiol groups is 1. The zero-order valence-corrected chi connectivity index (χ0v) is 20.0. The van der Waals surface area contributed by atoms with Crippen molar-refractivity contribution < 1.29 is 24.3 Å². The molecule has 1 aliphatic heterocycles.